The lowest BCUT2D eigenvalue weighted by molar-refractivity contribution is -0.0575. The fraction of sp³-hybridized carbons (Fsp3) is 0.500. The Morgan fingerprint density at radius 3 is 3.06 bits per heavy atom. The highest BCUT2D eigenvalue weighted by atomic mass is 35.5. The van der Waals surface area contributed by atoms with Gasteiger partial charge < -0.3 is 4.74 Å². The summed E-state index contributed by atoms with van der Waals surface area (Å²) in [6.45, 7) is 4.68. The lowest BCUT2D eigenvalue weighted by atomic mass is 9.91. The molecule has 16 heavy (non-hydrogen) atoms. The third kappa shape index (κ3) is 1.91. The average molecular weight is 237 g/mol. The second kappa shape index (κ2) is 4.04. The van der Waals surface area contributed by atoms with E-state index in [-0.39, 0.29) is 5.60 Å². The molecule has 1 aromatic rings. The average Bonchev–Trinajstić information content (AvgIpc) is 2.28. The SMILES string of the molecule is CC[C@@]1(C)Cc2nc(Cl)c(C#N)cc2CO1. The molecule has 3 nitrogen and oxygen atoms in total. The topological polar surface area (TPSA) is 45.9 Å². The largest absolute Gasteiger partial charge is 0.370 e. The molecule has 1 aliphatic heterocycles. The molecule has 0 spiro atoms. The Morgan fingerprint density at radius 1 is 1.69 bits per heavy atom. The van der Waals surface area contributed by atoms with Crippen molar-refractivity contribution in [1.29, 1.82) is 5.26 Å². The van der Waals surface area contributed by atoms with Crippen LogP contribution in [0.4, 0.5) is 0 Å². The van der Waals surface area contributed by atoms with Crippen molar-refractivity contribution < 1.29 is 4.74 Å². The first-order valence-corrected chi connectivity index (χ1v) is 5.68. The van der Waals surface area contributed by atoms with Crippen LogP contribution in [-0.2, 0) is 17.8 Å². The predicted octanol–water partition coefficient (Wildman–Crippen LogP) is 2.85. The van der Waals surface area contributed by atoms with Crippen LogP contribution in [0.25, 0.3) is 0 Å². The first kappa shape index (κ1) is 11.4. The number of halogens is 1. The maximum Gasteiger partial charge on any atom is 0.147 e. The molecular weight excluding hydrogens is 224 g/mol. The van der Waals surface area contributed by atoms with Gasteiger partial charge in [0.2, 0.25) is 0 Å². The summed E-state index contributed by atoms with van der Waals surface area (Å²) in [6.07, 6.45) is 1.69. The monoisotopic (exact) mass is 236 g/mol. The lowest BCUT2D eigenvalue weighted by Gasteiger charge is -2.33. The number of rotatable bonds is 1. The molecule has 1 aromatic heterocycles. The van der Waals surface area contributed by atoms with Crippen LogP contribution in [0.2, 0.25) is 5.15 Å². The summed E-state index contributed by atoms with van der Waals surface area (Å²) in [5.41, 5.74) is 2.20. The van der Waals surface area contributed by atoms with Crippen molar-refractivity contribution in [3.05, 3.63) is 28.0 Å². The predicted molar refractivity (Wildman–Crippen MR) is 61.2 cm³/mol. The molecule has 0 fully saturated rings. The van der Waals surface area contributed by atoms with Crippen LogP contribution in [0.3, 0.4) is 0 Å². The second-order valence-corrected chi connectivity index (χ2v) is 4.67. The maximum atomic E-state index is 8.85. The van der Waals surface area contributed by atoms with Gasteiger partial charge >= 0.3 is 0 Å². The summed E-state index contributed by atoms with van der Waals surface area (Å²) in [5.74, 6) is 0. The molecule has 0 bridgehead atoms. The molecule has 2 heterocycles. The summed E-state index contributed by atoms with van der Waals surface area (Å²) in [5, 5.41) is 9.15. The van der Waals surface area contributed by atoms with E-state index in [0.29, 0.717) is 17.3 Å². The van der Waals surface area contributed by atoms with Crippen molar-refractivity contribution in [2.45, 2.75) is 38.9 Å². The first-order chi connectivity index (χ1) is 7.58. The standard InChI is InChI=1S/C12H13ClN2O/c1-3-12(2)5-10-9(7-16-12)4-8(6-14)11(13)15-10/h4H,3,5,7H2,1-2H3/t12-/m0/s1. The number of ether oxygens (including phenoxy) is 1. The van der Waals surface area contributed by atoms with Crippen LogP contribution in [0.15, 0.2) is 6.07 Å². The highest BCUT2D eigenvalue weighted by Gasteiger charge is 2.30. The van der Waals surface area contributed by atoms with Gasteiger partial charge in [-0.3, -0.25) is 0 Å². The van der Waals surface area contributed by atoms with Crippen LogP contribution in [0, 0.1) is 11.3 Å². The molecule has 0 amide bonds. The van der Waals surface area contributed by atoms with Gasteiger partial charge in [-0.1, -0.05) is 18.5 Å². The van der Waals surface area contributed by atoms with E-state index in [2.05, 4.69) is 18.8 Å². The van der Waals surface area contributed by atoms with E-state index in [0.717, 1.165) is 24.1 Å². The van der Waals surface area contributed by atoms with Gasteiger partial charge in [-0.2, -0.15) is 5.26 Å². The molecule has 1 atom stereocenters. The minimum Gasteiger partial charge on any atom is -0.370 e. The van der Waals surface area contributed by atoms with Gasteiger partial charge in [-0.05, 0) is 19.4 Å². The molecule has 0 saturated carbocycles. The number of pyridine rings is 1. The first-order valence-electron chi connectivity index (χ1n) is 5.30. The Kier molecular flexibility index (Phi) is 2.88. The second-order valence-electron chi connectivity index (χ2n) is 4.31. The van der Waals surface area contributed by atoms with E-state index < -0.39 is 0 Å². The number of fused-ring (bicyclic) bond motifs is 1. The van der Waals surface area contributed by atoms with Gasteiger partial charge in [-0.15, -0.1) is 0 Å². The normalized spacial score (nSPS) is 23.6. The Hall–Kier alpha value is -1.11. The van der Waals surface area contributed by atoms with Crippen LogP contribution < -0.4 is 0 Å². The van der Waals surface area contributed by atoms with E-state index in [1.165, 1.54) is 0 Å². The quantitative estimate of drug-likeness (QED) is 0.705. The molecule has 0 aliphatic carbocycles. The summed E-state index contributed by atoms with van der Waals surface area (Å²) in [4.78, 5) is 4.29. The van der Waals surface area contributed by atoms with Gasteiger partial charge in [0.1, 0.15) is 11.2 Å². The molecule has 2 rings (SSSR count). The van der Waals surface area contributed by atoms with Crippen molar-refractivity contribution in [3.8, 4) is 6.07 Å². The van der Waals surface area contributed by atoms with Crippen molar-refractivity contribution in [1.82, 2.24) is 4.98 Å². The Labute approximate surface area is 100 Å². The number of aromatic nitrogens is 1. The van der Waals surface area contributed by atoms with Crippen molar-refractivity contribution >= 4 is 11.6 Å². The Balaban J connectivity index is 2.41. The zero-order chi connectivity index (χ0) is 11.8. The maximum absolute atomic E-state index is 8.85. The Morgan fingerprint density at radius 2 is 2.44 bits per heavy atom. The van der Waals surface area contributed by atoms with Crippen LogP contribution in [-0.4, -0.2) is 10.6 Å². The molecular formula is C12H13ClN2O. The molecule has 1 aliphatic rings. The summed E-state index contributed by atoms with van der Waals surface area (Å²) < 4.78 is 5.79. The van der Waals surface area contributed by atoms with Crippen LogP contribution in [0.1, 0.15) is 37.1 Å². The number of hydrogen-bond donors (Lipinski definition) is 0. The minimum atomic E-state index is -0.155. The highest BCUT2D eigenvalue weighted by Crippen LogP contribution is 2.31. The van der Waals surface area contributed by atoms with E-state index in [1.54, 1.807) is 6.07 Å². The third-order valence-electron chi connectivity index (χ3n) is 3.13. The minimum absolute atomic E-state index is 0.155. The highest BCUT2D eigenvalue weighted by molar-refractivity contribution is 6.30. The molecule has 0 unspecified atom stereocenters. The molecule has 0 aromatic carbocycles. The van der Waals surface area contributed by atoms with Gasteiger partial charge in [0, 0.05) is 12.0 Å². The number of hydrogen-bond acceptors (Lipinski definition) is 3. The van der Waals surface area contributed by atoms with Gasteiger partial charge in [-0.25, -0.2) is 4.98 Å². The molecule has 84 valence electrons. The fourth-order valence-electron chi connectivity index (χ4n) is 1.81. The molecule has 4 heteroatoms. The van der Waals surface area contributed by atoms with E-state index in [4.69, 9.17) is 21.6 Å². The van der Waals surface area contributed by atoms with Gasteiger partial charge in [0.25, 0.3) is 0 Å². The zero-order valence-corrected chi connectivity index (χ0v) is 10.1. The molecule has 0 radical (unpaired) electrons. The van der Waals surface area contributed by atoms with Gasteiger partial charge in [0.15, 0.2) is 0 Å². The van der Waals surface area contributed by atoms with E-state index >= 15 is 0 Å². The van der Waals surface area contributed by atoms with Crippen molar-refractivity contribution in [2.24, 2.45) is 0 Å². The fourth-order valence-corrected chi connectivity index (χ4v) is 2.01. The lowest BCUT2D eigenvalue weighted by Crippen LogP contribution is -2.35. The third-order valence-corrected chi connectivity index (χ3v) is 3.42. The van der Waals surface area contributed by atoms with E-state index in [1.807, 2.05) is 6.07 Å². The number of nitrogens with zero attached hydrogens (tertiary/aromatic N) is 2. The van der Waals surface area contributed by atoms with Crippen LogP contribution >= 0.6 is 11.6 Å². The smallest absolute Gasteiger partial charge is 0.147 e. The molecule has 0 saturated heterocycles. The van der Waals surface area contributed by atoms with Crippen LogP contribution in [0.5, 0.6) is 0 Å². The van der Waals surface area contributed by atoms with Crippen molar-refractivity contribution in [3.63, 3.8) is 0 Å². The number of nitriles is 1. The Bertz CT molecular complexity index is 467. The summed E-state index contributed by atoms with van der Waals surface area (Å²) in [6, 6.07) is 3.81. The van der Waals surface area contributed by atoms with Gasteiger partial charge in [0.05, 0.1) is 23.5 Å². The van der Waals surface area contributed by atoms with Crippen molar-refractivity contribution in [2.75, 3.05) is 0 Å². The summed E-state index contributed by atoms with van der Waals surface area (Å²) >= 11 is 5.92. The van der Waals surface area contributed by atoms with E-state index in [9.17, 15) is 0 Å². The zero-order valence-electron chi connectivity index (χ0n) is 9.38. The summed E-state index contributed by atoms with van der Waals surface area (Å²) in [7, 11) is 0. The molecule has 0 N–H and O–H groups in total.